The number of ketones is 1. The van der Waals surface area contributed by atoms with Crippen LogP contribution in [0.2, 0.25) is 0 Å². The zero-order chi connectivity index (χ0) is 19.6. The number of anilines is 1. The van der Waals surface area contributed by atoms with Gasteiger partial charge >= 0.3 is 5.97 Å². The number of nitrogens with one attached hydrogen (secondary N) is 2. The summed E-state index contributed by atoms with van der Waals surface area (Å²) in [6.45, 7) is 0.596. The van der Waals surface area contributed by atoms with Gasteiger partial charge in [0.15, 0.2) is 5.78 Å². The lowest BCUT2D eigenvalue weighted by Gasteiger charge is -2.40. The van der Waals surface area contributed by atoms with E-state index in [1.165, 1.54) is 12.0 Å². The Bertz CT molecular complexity index is 847. The fourth-order valence-corrected chi connectivity index (χ4v) is 3.18. The summed E-state index contributed by atoms with van der Waals surface area (Å²) in [5, 5.41) is 5.32. The molecule has 9 heteroatoms. The second-order valence-electron chi connectivity index (χ2n) is 6.03. The van der Waals surface area contributed by atoms with Gasteiger partial charge in [-0.15, -0.1) is 0 Å². The molecule has 0 radical (unpaired) electrons. The number of hydrogen-bond acceptors (Lipinski definition) is 7. The summed E-state index contributed by atoms with van der Waals surface area (Å²) < 4.78 is 9.76. The first-order valence-electron chi connectivity index (χ1n) is 8.31. The highest BCUT2D eigenvalue weighted by molar-refractivity contribution is 6.24. The fourth-order valence-electron chi connectivity index (χ4n) is 3.18. The van der Waals surface area contributed by atoms with Gasteiger partial charge < -0.3 is 25.0 Å². The molecule has 0 aliphatic carbocycles. The number of Topliss-reactive ketones (excluding diaryl/α,β-unsaturated/α-hetero) is 1. The van der Waals surface area contributed by atoms with Crippen LogP contribution in [0.25, 0.3) is 0 Å². The number of rotatable bonds is 4. The Balaban J connectivity index is 1.91. The molecule has 0 saturated carbocycles. The molecule has 1 aromatic rings. The van der Waals surface area contributed by atoms with Crippen LogP contribution in [0.15, 0.2) is 35.5 Å². The quantitative estimate of drug-likeness (QED) is 0.556. The molecule has 0 bridgehead atoms. The first-order chi connectivity index (χ1) is 13.0. The minimum Gasteiger partial charge on any atom is -0.497 e. The van der Waals surface area contributed by atoms with Gasteiger partial charge in [-0.05, 0) is 12.1 Å². The van der Waals surface area contributed by atoms with Crippen molar-refractivity contribution in [1.29, 1.82) is 0 Å². The standard InChI is InChI=1S/C18H19N3O6/c1-26-11-5-3-4-10(8-11)20-16(23)12-9-13(22)14(18(25)27-2)15-17(24)19-6-7-21(12)15/h3-5,8,12H,6-7,9H2,1-2H3,(H,19,24)(H,20,23)/t12-/m0/s1. The molecule has 2 aliphatic heterocycles. The second-order valence-corrected chi connectivity index (χ2v) is 6.03. The predicted molar refractivity (Wildman–Crippen MR) is 93.8 cm³/mol. The van der Waals surface area contributed by atoms with E-state index in [-0.39, 0.29) is 17.7 Å². The molecule has 9 nitrogen and oxygen atoms in total. The molecule has 27 heavy (non-hydrogen) atoms. The van der Waals surface area contributed by atoms with E-state index in [0.717, 1.165) is 7.11 Å². The average molecular weight is 373 g/mol. The first kappa shape index (κ1) is 18.4. The van der Waals surface area contributed by atoms with Gasteiger partial charge in [-0.1, -0.05) is 6.07 Å². The lowest BCUT2D eigenvalue weighted by atomic mass is 9.92. The van der Waals surface area contributed by atoms with Crippen molar-refractivity contribution in [2.75, 3.05) is 32.6 Å². The van der Waals surface area contributed by atoms with Crippen LogP contribution in [-0.4, -0.2) is 61.8 Å². The lowest BCUT2D eigenvalue weighted by Crippen LogP contribution is -2.57. The number of fused-ring (bicyclic) bond motifs is 1. The molecule has 1 fully saturated rings. The number of piperazine rings is 1. The summed E-state index contributed by atoms with van der Waals surface area (Å²) in [6.07, 6.45) is -0.225. The molecule has 3 rings (SSSR count). The zero-order valence-electron chi connectivity index (χ0n) is 14.9. The summed E-state index contributed by atoms with van der Waals surface area (Å²) in [4.78, 5) is 51.1. The molecule has 0 unspecified atom stereocenters. The van der Waals surface area contributed by atoms with Crippen molar-refractivity contribution < 1.29 is 28.7 Å². The van der Waals surface area contributed by atoms with Gasteiger partial charge in [0.05, 0.1) is 14.2 Å². The minimum absolute atomic E-state index is 0.116. The summed E-state index contributed by atoms with van der Waals surface area (Å²) >= 11 is 0. The lowest BCUT2D eigenvalue weighted by molar-refractivity contribution is -0.141. The molecule has 0 aromatic heterocycles. The number of nitrogens with zero attached hydrogens (tertiary/aromatic N) is 1. The smallest absolute Gasteiger partial charge is 0.343 e. The average Bonchev–Trinajstić information content (AvgIpc) is 2.67. The number of carbonyl (C=O) groups is 4. The van der Waals surface area contributed by atoms with Gasteiger partial charge in [0.1, 0.15) is 23.1 Å². The van der Waals surface area contributed by atoms with E-state index in [1.807, 2.05) is 0 Å². The van der Waals surface area contributed by atoms with E-state index in [9.17, 15) is 19.2 Å². The maximum atomic E-state index is 12.8. The Labute approximate surface area is 155 Å². The molecule has 1 aromatic carbocycles. The fraction of sp³-hybridized carbons (Fsp3) is 0.333. The largest absolute Gasteiger partial charge is 0.497 e. The Kier molecular flexibility index (Phi) is 5.11. The SMILES string of the molecule is COC(=O)C1=C2C(=O)NCCN2[C@H](C(=O)Nc2cccc(OC)c2)CC1=O. The summed E-state index contributed by atoms with van der Waals surface area (Å²) in [5.74, 6) is -1.94. The third-order valence-corrected chi connectivity index (χ3v) is 4.44. The van der Waals surface area contributed by atoms with Crippen LogP contribution in [0, 0.1) is 0 Å². The highest BCUT2D eigenvalue weighted by atomic mass is 16.5. The van der Waals surface area contributed by atoms with Crippen molar-refractivity contribution in [3.05, 3.63) is 35.5 Å². The van der Waals surface area contributed by atoms with Crippen molar-refractivity contribution in [1.82, 2.24) is 10.2 Å². The van der Waals surface area contributed by atoms with Gasteiger partial charge in [-0.2, -0.15) is 0 Å². The summed E-state index contributed by atoms with van der Waals surface area (Å²) in [5.41, 5.74) is 0.0628. The Morgan fingerprint density at radius 2 is 2.04 bits per heavy atom. The maximum absolute atomic E-state index is 12.8. The molecule has 2 aliphatic rings. The number of esters is 1. The molecule has 0 spiro atoms. The van der Waals surface area contributed by atoms with E-state index in [0.29, 0.717) is 24.5 Å². The van der Waals surface area contributed by atoms with Crippen LogP contribution >= 0.6 is 0 Å². The third-order valence-electron chi connectivity index (χ3n) is 4.44. The van der Waals surface area contributed by atoms with Crippen LogP contribution in [-0.2, 0) is 23.9 Å². The van der Waals surface area contributed by atoms with Gasteiger partial charge in [0.2, 0.25) is 5.91 Å². The van der Waals surface area contributed by atoms with Crippen LogP contribution in [0.5, 0.6) is 5.75 Å². The van der Waals surface area contributed by atoms with E-state index < -0.39 is 29.6 Å². The Morgan fingerprint density at radius 3 is 2.74 bits per heavy atom. The number of benzene rings is 1. The predicted octanol–water partition coefficient (Wildman–Crippen LogP) is -0.166. The van der Waals surface area contributed by atoms with Crippen LogP contribution < -0.4 is 15.4 Å². The Hall–Kier alpha value is -3.36. The summed E-state index contributed by atoms with van der Waals surface area (Å²) in [6, 6.07) is 5.87. The van der Waals surface area contributed by atoms with E-state index in [1.54, 1.807) is 24.3 Å². The molecule has 142 valence electrons. The van der Waals surface area contributed by atoms with E-state index in [2.05, 4.69) is 15.4 Å². The van der Waals surface area contributed by atoms with Gasteiger partial charge in [-0.3, -0.25) is 14.4 Å². The van der Waals surface area contributed by atoms with Gasteiger partial charge in [0.25, 0.3) is 5.91 Å². The normalized spacial score (nSPS) is 19.2. The monoisotopic (exact) mass is 373 g/mol. The van der Waals surface area contributed by atoms with Gasteiger partial charge in [0, 0.05) is 31.3 Å². The molecule has 1 atom stereocenters. The maximum Gasteiger partial charge on any atom is 0.343 e. The van der Waals surface area contributed by atoms with E-state index in [4.69, 9.17) is 4.74 Å². The first-order valence-corrected chi connectivity index (χ1v) is 8.31. The second kappa shape index (κ2) is 7.48. The molecule has 1 saturated heterocycles. The minimum atomic E-state index is -0.904. The van der Waals surface area contributed by atoms with Crippen molar-refractivity contribution in [3.8, 4) is 5.75 Å². The highest BCUT2D eigenvalue weighted by Gasteiger charge is 2.44. The Morgan fingerprint density at radius 1 is 1.26 bits per heavy atom. The van der Waals surface area contributed by atoms with Crippen LogP contribution in [0.1, 0.15) is 6.42 Å². The van der Waals surface area contributed by atoms with Crippen molar-refractivity contribution >= 4 is 29.3 Å². The molecular formula is C18H19N3O6. The van der Waals surface area contributed by atoms with Crippen molar-refractivity contribution in [2.24, 2.45) is 0 Å². The highest BCUT2D eigenvalue weighted by Crippen LogP contribution is 2.28. The molecule has 2 N–H and O–H groups in total. The van der Waals surface area contributed by atoms with Gasteiger partial charge in [-0.25, -0.2) is 4.79 Å². The molecule has 2 heterocycles. The van der Waals surface area contributed by atoms with Crippen molar-refractivity contribution in [2.45, 2.75) is 12.5 Å². The number of hydrogen-bond donors (Lipinski definition) is 2. The zero-order valence-corrected chi connectivity index (χ0v) is 14.9. The number of methoxy groups -OCH3 is 2. The number of amides is 2. The third kappa shape index (κ3) is 3.48. The summed E-state index contributed by atoms with van der Waals surface area (Å²) in [7, 11) is 2.65. The number of carbonyl (C=O) groups excluding carboxylic acids is 4. The van der Waals surface area contributed by atoms with Crippen LogP contribution in [0.3, 0.4) is 0 Å². The molecule has 2 amide bonds. The molecular weight excluding hydrogens is 354 g/mol. The van der Waals surface area contributed by atoms with Crippen molar-refractivity contribution in [3.63, 3.8) is 0 Å². The van der Waals surface area contributed by atoms with E-state index >= 15 is 0 Å². The number of ether oxygens (including phenoxy) is 2. The topological polar surface area (TPSA) is 114 Å². The van der Waals surface area contributed by atoms with Crippen LogP contribution in [0.4, 0.5) is 5.69 Å².